The molecule has 1 saturated heterocycles. The quantitative estimate of drug-likeness (QED) is 0.393. The van der Waals surface area contributed by atoms with Crippen LogP contribution in [0.3, 0.4) is 0 Å². The molecule has 5 aromatic rings. The number of H-pyrrole nitrogens is 1. The molecule has 1 aromatic carbocycles. The lowest BCUT2D eigenvalue weighted by Crippen LogP contribution is -2.39. The van der Waals surface area contributed by atoms with Crippen molar-refractivity contribution in [3.05, 3.63) is 84.1 Å². The van der Waals surface area contributed by atoms with E-state index in [2.05, 4.69) is 20.4 Å². The predicted octanol–water partition coefficient (Wildman–Crippen LogP) is 3.03. The second-order valence-corrected chi connectivity index (χ2v) is 8.98. The monoisotopic (exact) mass is 461 g/mol. The molecule has 0 saturated carbocycles. The zero-order valence-electron chi connectivity index (χ0n) is 19.2. The van der Waals surface area contributed by atoms with Crippen LogP contribution in [0.15, 0.2) is 67.1 Å². The Labute approximate surface area is 203 Å². The molecule has 1 atom stereocenters. The molecule has 1 aliphatic heterocycles. The first-order valence-electron chi connectivity index (χ1n) is 11.8. The topological polar surface area (TPSA) is 91.2 Å². The Morgan fingerprint density at radius 2 is 2.09 bits per heavy atom. The van der Waals surface area contributed by atoms with Gasteiger partial charge in [-0.3, -0.25) is 9.78 Å². The molecule has 2 radical (unpaired) electrons. The average molecular weight is 461 g/mol. The number of carbonyl (C=O) groups excluding carboxylic acids is 1. The summed E-state index contributed by atoms with van der Waals surface area (Å²) in [4.78, 5) is 27.5. The van der Waals surface area contributed by atoms with Crippen molar-refractivity contribution in [2.24, 2.45) is 0 Å². The van der Waals surface area contributed by atoms with Crippen LogP contribution in [-0.4, -0.2) is 56.3 Å². The first kappa shape index (κ1) is 21.4. The summed E-state index contributed by atoms with van der Waals surface area (Å²) < 4.78 is 1.73. The van der Waals surface area contributed by atoms with E-state index >= 15 is 0 Å². The van der Waals surface area contributed by atoms with E-state index in [4.69, 9.17) is 12.8 Å². The molecule has 0 aliphatic carbocycles. The maximum absolute atomic E-state index is 13.3. The highest BCUT2D eigenvalue weighted by atomic mass is 16.2. The number of para-hydroxylation sites is 1. The third kappa shape index (κ3) is 4.14. The number of anilines is 1. The van der Waals surface area contributed by atoms with Crippen molar-refractivity contribution >= 4 is 41.6 Å². The summed E-state index contributed by atoms with van der Waals surface area (Å²) in [5.41, 5.74) is 4.71. The molecule has 1 aliphatic rings. The molecule has 1 unspecified atom stereocenters. The van der Waals surface area contributed by atoms with Crippen LogP contribution in [-0.2, 0) is 6.54 Å². The van der Waals surface area contributed by atoms with Gasteiger partial charge in [-0.15, -0.1) is 0 Å². The van der Waals surface area contributed by atoms with Crippen molar-refractivity contribution < 1.29 is 4.79 Å². The molecule has 9 heteroatoms. The van der Waals surface area contributed by atoms with Gasteiger partial charge < -0.3 is 15.2 Å². The normalized spacial score (nSPS) is 16.1. The fourth-order valence-corrected chi connectivity index (χ4v) is 4.79. The minimum Gasteiger partial charge on any atom is -0.366 e. The van der Waals surface area contributed by atoms with Gasteiger partial charge in [0, 0.05) is 61.1 Å². The van der Waals surface area contributed by atoms with E-state index in [1.54, 1.807) is 16.9 Å². The standard InChI is InChI=1S/C26H24BN7O/c27-20-15-30-34-24(29-14-17-5-3-9-28-13-17)12-22(32-25(20)34)19-7-4-10-33(16-19)26(35)23-11-18-6-1-2-8-21(18)31-23/h1-3,5-6,8-9,11-13,15,19,29,31H,4,7,10,14,16H2. The number of hydrogen-bond acceptors (Lipinski definition) is 5. The van der Waals surface area contributed by atoms with Crippen LogP contribution in [0.5, 0.6) is 0 Å². The average Bonchev–Trinajstić information content (AvgIpc) is 3.51. The zero-order valence-corrected chi connectivity index (χ0v) is 19.2. The highest BCUT2D eigenvalue weighted by Gasteiger charge is 2.28. The van der Waals surface area contributed by atoms with Gasteiger partial charge in [0.1, 0.15) is 19.4 Å². The maximum atomic E-state index is 13.3. The molecule has 35 heavy (non-hydrogen) atoms. The number of rotatable bonds is 5. The maximum Gasteiger partial charge on any atom is 0.270 e. The summed E-state index contributed by atoms with van der Waals surface area (Å²) in [5, 5.41) is 8.89. The van der Waals surface area contributed by atoms with Crippen molar-refractivity contribution in [3.8, 4) is 0 Å². The predicted molar refractivity (Wildman–Crippen MR) is 136 cm³/mol. The summed E-state index contributed by atoms with van der Waals surface area (Å²) in [6.07, 6.45) is 7.07. The van der Waals surface area contributed by atoms with Crippen molar-refractivity contribution in [3.63, 3.8) is 0 Å². The van der Waals surface area contributed by atoms with Gasteiger partial charge in [-0.25, -0.2) is 4.98 Å². The number of benzene rings is 1. The number of fused-ring (bicyclic) bond motifs is 2. The molecule has 0 spiro atoms. The molecule has 5 heterocycles. The van der Waals surface area contributed by atoms with Crippen LogP contribution in [0.2, 0.25) is 0 Å². The first-order chi connectivity index (χ1) is 17.2. The Hall–Kier alpha value is -4.14. The number of aromatic amines is 1. The van der Waals surface area contributed by atoms with Crippen molar-refractivity contribution in [2.45, 2.75) is 25.3 Å². The van der Waals surface area contributed by atoms with E-state index in [0.29, 0.717) is 29.9 Å². The van der Waals surface area contributed by atoms with Gasteiger partial charge in [0.05, 0.1) is 5.69 Å². The number of nitrogens with one attached hydrogen (secondary N) is 2. The lowest BCUT2D eigenvalue weighted by molar-refractivity contribution is 0.0701. The third-order valence-corrected chi connectivity index (χ3v) is 6.60. The minimum atomic E-state index is 0.0192. The van der Waals surface area contributed by atoms with Crippen LogP contribution in [0.1, 0.15) is 40.5 Å². The van der Waals surface area contributed by atoms with Crippen LogP contribution in [0, 0.1) is 0 Å². The van der Waals surface area contributed by atoms with E-state index in [0.717, 1.165) is 47.4 Å². The number of amides is 1. The number of likely N-dealkylation sites (tertiary alicyclic amines) is 1. The van der Waals surface area contributed by atoms with E-state index in [1.165, 1.54) is 0 Å². The van der Waals surface area contributed by atoms with Crippen LogP contribution < -0.4 is 10.8 Å². The highest BCUT2D eigenvalue weighted by molar-refractivity contribution is 6.36. The van der Waals surface area contributed by atoms with E-state index in [1.807, 2.05) is 59.6 Å². The molecule has 0 bridgehead atoms. The Morgan fingerprint density at radius 1 is 1.17 bits per heavy atom. The number of carbonyl (C=O) groups is 1. The first-order valence-corrected chi connectivity index (χ1v) is 11.8. The van der Waals surface area contributed by atoms with Gasteiger partial charge in [0.15, 0.2) is 5.65 Å². The van der Waals surface area contributed by atoms with E-state index in [9.17, 15) is 4.79 Å². The van der Waals surface area contributed by atoms with E-state index < -0.39 is 0 Å². The summed E-state index contributed by atoms with van der Waals surface area (Å²) in [7, 11) is 6.19. The molecule has 4 aromatic heterocycles. The Kier molecular flexibility index (Phi) is 5.44. The lowest BCUT2D eigenvalue weighted by Gasteiger charge is -2.32. The van der Waals surface area contributed by atoms with Crippen LogP contribution >= 0.6 is 0 Å². The van der Waals surface area contributed by atoms with Crippen molar-refractivity contribution in [1.29, 1.82) is 0 Å². The van der Waals surface area contributed by atoms with Gasteiger partial charge in [-0.2, -0.15) is 9.61 Å². The highest BCUT2D eigenvalue weighted by Crippen LogP contribution is 2.29. The van der Waals surface area contributed by atoms with Gasteiger partial charge in [-0.1, -0.05) is 24.3 Å². The van der Waals surface area contributed by atoms with Crippen LogP contribution in [0.25, 0.3) is 16.6 Å². The SMILES string of the molecule is [B]c1cnn2c(NCc3cccnc3)cc(C3CCCN(C(=O)c4cc5ccccc5[nH]4)C3)nc12. The smallest absolute Gasteiger partial charge is 0.270 e. The largest absolute Gasteiger partial charge is 0.366 e. The summed E-state index contributed by atoms with van der Waals surface area (Å²) >= 11 is 0. The molecule has 2 N–H and O–H groups in total. The molecule has 6 rings (SSSR count). The summed E-state index contributed by atoms with van der Waals surface area (Å²) in [6, 6.07) is 15.8. The summed E-state index contributed by atoms with van der Waals surface area (Å²) in [5.74, 6) is 0.936. The number of nitrogens with zero attached hydrogens (tertiary/aromatic N) is 5. The Balaban J connectivity index is 1.27. The Bertz CT molecular complexity index is 1480. The van der Waals surface area contributed by atoms with Gasteiger partial charge in [-0.05, 0) is 42.1 Å². The molecule has 8 nitrogen and oxygen atoms in total. The van der Waals surface area contributed by atoms with Crippen molar-refractivity contribution in [1.82, 2.24) is 29.5 Å². The number of pyridine rings is 1. The number of hydrogen-bond donors (Lipinski definition) is 2. The minimum absolute atomic E-state index is 0.0192. The van der Waals surface area contributed by atoms with Gasteiger partial charge in [0.2, 0.25) is 0 Å². The summed E-state index contributed by atoms with van der Waals surface area (Å²) in [6.45, 7) is 1.93. The second-order valence-electron chi connectivity index (χ2n) is 8.98. The number of piperidine rings is 1. The zero-order chi connectivity index (χ0) is 23.8. The molecular weight excluding hydrogens is 437 g/mol. The third-order valence-electron chi connectivity index (χ3n) is 6.60. The fourth-order valence-electron chi connectivity index (χ4n) is 4.79. The second kappa shape index (κ2) is 8.90. The Morgan fingerprint density at radius 3 is 2.94 bits per heavy atom. The molecule has 1 amide bonds. The lowest BCUT2D eigenvalue weighted by atomic mass is 9.93. The molecule has 1 fully saturated rings. The molecular formula is C26H24BN7O. The van der Waals surface area contributed by atoms with E-state index in [-0.39, 0.29) is 11.8 Å². The van der Waals surface area contributed by atoms with Gasteiger partial charge >= 0.3 is 0 Å². The van der Waals surface area contributed by atoms with Crippen molar-refractivity contribution in [2.75, 3.05) is 18.4 Å². The van der Waals surface area contributed by atoms with Gasteiger partial charge in [0.25, 0.3) is 5.91 Å². The molecule has 172 valence electrons. The fraction of sp³-hybridized carbons (Fsp3) is 0.231. The van der Waals surface area contributed by atoms with Crippen LogP contribution in [0.4, 0.5) is 5.82 Å². The number of aromatic nitrogens is 5.